The normalized spacial score (nSPS) is 25.8. The van der Waals surface area contributed by atoms with Gasteiger partial charge in [-0.1, -0.05) is 11.6 Å². The molecule has 18 heavy (non-hydrogen) atoms. The van der Waals surface area contributed by atoms with Gasteiger partial charge in [0.05, 0.1) is 4.34 Å². The van der Waals surface area contributed by atoms with Crippen molar-refractivity contribution in [1.29, 1.82) is 0 Å². The van der Waals surface area contributed by atoms with Crippen molar-refractivity contribution >= 4 is 33.0 Å². The van der Waals surface area contributed by atoms with Gasteiger partial charge in [0.2, 0.25) is 0 Å². The third kappa shape index (κ3) is 2.44. The third-order valence-electron chi connectivity index (χ3n) is 3.34. The number of hydrogen-bond donors (Lipinski definition) is 1. The molecule has 0 spiro atoms. The van der Waals surface area contributed by atoms with E-state index in [1.807, 2.05) is 13.8 Å². The van der Waals surface area contributed by atoms with Gasteiger partial charge < -0.3 is 5.73 Å². The van der Waals surface area contributed by atoms with Gasteiger partial charge in [-0.15, -0.1) is 11.3 Å². The molecule has 0 saturated carbocycles. The fraction of sp³-hybridized carbons (Fsp3) is 0.636. The lowest BCUT2D eigenvalue weighted by molar-refractivity contribution is 0.406. The van der Waals surface area contributed by atoms with Crippen LogP contribution in [-0.2, 0) is 10.0 Å². The van der Waals surface area contributed by atoms with Gasteiger partial charge in [-0.05, 0) is 44.4 Å². The molecule has 0 aliphatic carbocycles. The molecule has 2 atom stereocenters. The van der Waals surface area contributed by atoms with Crippen LogP contribution in [0.1, 0.15) is 18.9 Å². The van der Waals surface area contributed by atoms with Gasteiger partial charge in [0.15, 0.2) is 0 Å². The Bertz CT molecular complexity index is 522. The summed E-state index contributed by atoms with van der Waals surface area (Å²) >= 11 is 7.07. The number of aryl methyl sites for hydroxylation is 1. The van der Waals surface area contributed by atoms with E-state index in [2.05, 4.69) is 0 Å². The maximum absolute atomic E-state index is 12.5. The lowest BCUT2D eigenvalue weighted by Crippen LogP contribution is -2.34. The summed E-state index contributed by atoms with van der Waals surface area (Å²) in [6.07, 6.45) is 0.827. The van der Waals surface area contributed by atoms with Crippen LogP contribution in [0.15, 0.2) is 10.3 Å². The fourth-order valence-electron chi connectivity index (χ4n) is 2.29. The molecule has 1 aliphatic heterocycles. The number of rotatable bonds is 3. The smallest absolute Gasteiger partial charge is 0.252 e. The highest BCUT2D eigenvalue weighted by atomic mass is 35.5. The molecular weight excluding hydrogens is 292 g/mol. The lowest BCUT2D eigenvalue weighted by Gasteiger charge is -2.19. The zero-order valence-corrected chi connectivity index (χ0v) is 12.8. The first-order valence-electron chi connectivity index (χ1n) is 5.84. The number of hydrogen-bond acceptors (Lipinski definition) is 4. The first kappa shape index (κ1) is 14.3. The molecule has 4 nitrogen and oxygen atoms in total. The summed E-state index contributed by atoms with van der Waals surface area (Å²) in [5.41, 5.74) is 6.44. The molecule has 102 valence electrons. The van der Waals surface area contributed by atoms with Gasteiger partial charge in [0, 0.05) is 12.6 Å². The Morgan fingerprint density at radius 3 is 2.72 bits per heavy atom. The van der Waals surface area contributed by atoms with Crippen molar-refractivity contribution in [3.63, 3.8) is 0 Å². The van der Waals surface area contributed by atoms with Crippen molar-refractivity contribution in [1.82, 2.24) is 4.31 Å². The largest absolute Gasteiger partial charge is 0.330 e. The number of halogens is 1. The van der Waals surface area contributed by atoms with Crippen LogP contribution in [0.3, 0.4) is 0 Å². The first-order chi connectivity index (χ1) is 8.36. The van der Waals surface area contributed by atoms with Crippen LogP contribution in [0.4, 0.5) is 0 Å². The Balaban J connectivity index is 2.32. The minimum absolute atomic E-state index is 0.00438. The molecule has 0 bridgehead atoms. The predicted molar refractivity (Wildman–Crippen MR) is 74.6 cm³/mol. The van der Waals surface area contributed by atoms with Crippen molar-refractivity contribution in [2.45, 2.75) is 30.5 Å². The molecule has 2 heterocycles. The van der Waals surface area contributed by atoms with E-state index in [9.17, 15) is 8.42 Å². The Labute approximate surface area is 117 Å². The second-order valence-corrected chi connectivity index (χ2v) is 8.55. The number of thiophene rings is 1. The van der Waals surface area contributed by atoms with Gasteiger partial charge in [-0.25, -0.2) is 8.42 Å². The summed E-state index contributed by atoms with van der Waals surface area (Å²) in [6.45, 7) is 4.78. The Morgan fingerprint density at radius 2 is 2.28 bits per heavy atom. The molecule has 2 unspecified atom stereocenters. The zero-order valence-electron chi connectivity index (χ0n) is 10.4. The summed E-state index contributed by atoms with van der Waals surface area (Å²) in [4.78, 5) is 0. The minimum atomic E-state index is -3.42. The van der Waals surface area contributed by atoms with Crippen LogP contribution >= 0.6 is 22.9 Å². The third-order valence-corrected chi connectivity index (χ3v) is 7.32. The second-order valence-electron chi connectivity index (χ2n) is 4.78. The maximum atomic E-state index is 12.5. The summed E-state index contributed by atoms with van der Waals surface area (Å²) in [6, 6.07) is 1.65. The zero-order chi connectivity index (χ0) is 13.5. The van der Waals surface area contributed by atoms with Gasteiger partial charge in [-0.3, -0.25) is 0 Å². The van der Waals surface area contributed by atoms with Crippen molar-refractivity contribution in [3.05, 3.63) is 16.0 Å². The van der Waals surface area contributed by atoms with Gasteiger partial charge >= 0.3 is 0 Å². The van der Waals surface area contributed by atoms with Crippen molar-refractivity contribution in [2.24, 2.45) is 11.7 Å². The van der Waals surface area contributed by atoms with Crippen molar-refractivity contribution in [2.75, 3.05) is 13.1 Å². The standard InChI is InChI=1S/C11H17ClN2O2S2/c1-7-3-10(17-11(7)12)18(15,16)14-6-9(5-13)4-8(14)2/h3,8-9H,4-6,13H2,1-2H3. The molecule has 0 radical (unpaired) electrons. The number of sulfonamides is 1. The van der Waals surface area contributed by atoms with E-state index in [1.165, 1.54) is 0 Å². The molecule has 1 aromatic rings. The molecule has 1 saturated heterocycles. The molecule has 1 fully saturated rings. The Kier molecular flexibility index (Phi) is 4.04. The predicted octanol–water partition coefficient (Wildman–Crippen LogP) is 2.07. The highest BCUT2D eigenvalue weighted by molar-refractivity contribution is 7.91. The van der Waals surface area contributed by atoms with Crippen LogP contribution in [0.25, 0.3) is 0 Å². The molecule has 0 aromatic carbocycles. The molecule has 0 amide bonds. The molecule has 1 aromatic heterocycles. The monoisotopic (exact) mass is 308 g/mol. The van der Waals surface area contributed by atoms with Crippen LogP contribution in [0.2, 0.25) is 4.34 Å². The van der Waals surface area contributed by atoms with Crippen LogP contribution in [0, 0.1) is 12.8 Å². The van der Waals surface area contributed by atoms with E-state index in [1.54, 1.807) is 10.4 Å². The van der Waals surface area contributed by atoms with E-state index in [4.69, 9.17) is 17.3 Å². The summed E-state index contributed by atoms with van der Waals surface area (Å²) in [5.74, 6) is 0.256. The van der Waals surface area contributed by atoms with Gasteiger partial charge in [0.1, 0.15) is 4.21 Å². The van der Waals surface area contributed by atoms with E-state index in [0.29, 0.717) is 21.6 Å². The van der Waals surface area contributed by atoms with Crippen LogP contribution < -0.4 is 5.73 Å². The quantitative estimate of drug-likeness (QED) is 0.929. The molecule has 1 aliphatic rings. The lowest BCUT2D eigenvalue weighted by atomic mass is 10.1. The SMILES string of the molecule is Cc1cc(S(=O)(=O)N2CC(CN)CC2C)sc1Cl. The van der Waals surface area contributed by atoms with E-state index in [0.717, 1.165) is 23.3 Å². The van der Waals surface area contributed by atoms with Crippen molar-refractivity contribution in [3.8, 4) is 0 Å². The average molecular weight is 309 g/mol. The maximum Gasteiger partial charge on any atom is 0.252 e. The van der Waals surface area contributed by atoms with E-state index in [-0.39, 0.29) is 12.0 Å². The van der Waals surface area contributed by atoms with E-state index < -0.39 is 10.0 Å². The second kappa shape index (κ2) is 5.09. The van der Waals surface area contributed by atoms with Crippen LogP contribution in [0.5, 0.6) is 0 Å². The Morgan fingerprint density at radius 1 is 1.61 bits per heavy atom. The van der Waals surface area contributed by atoms with Gasteiger partial charge in [0.25, 0.3) is 10.0 Å². The number of nitrogens with two attached hydrogens (primary N) is 1. The highest BCUT2D eigenvalue weighted by Crippen LogP contribution is 2.35. The summed E-state index contributed by atoms with van der Waals surface area (Å²) in [7, 11) is -3.42. The van der Waals surface area contributed by atoms with Crippen molar-refractivity contribution < 1.29 is 8.42 Å². The molecule has 2 N–H and O–H groups in total. The number of nitrogens with zero attached hydrogens (tertiary/aromatic N) is 1. The molecule has 2 rings (SSSR count). The molecule has 7 heteroatoms. The Hall–Kier alpha value is -0.140. The molecular formula is C11H17ClN2O2S2. The van der Waals surface area contributed by atoms with Crippen LogP contribution in [-0.4, -0.2) is 31.9 Å². The summed E-state index contributed by atoms with van der Waals surface area (Å²) < 4.78 is 27.4. The topological polar surface area (TPSA) is 63.4 Å². The first-order valence-corrected chi connectivity index (χ1v) is 8.47. The van der Waals surface area contributed by atoms with E-state index >= 15 is 0 Å². The average Bonchev–Trinajstić information content (AvgIpc) is 2.84. The fourth-order valence-corrected chi connectivity index (χ4v) is 5.84. The minimum Gasteiger partial charge on any atom is -0.330 e. The highest BCUT2D eigenvalue weighted by Gasteiger charge is 2.38. The van der Waals surface area contributed by atoms with Gasteiger partial charge in [-0.2, -0.15) is 4.31 Å². The summed E-state index contributed by atoms with van der Waals surface area (Å²) in [5, 5.41) is 0.